The van der Waals surface area contributed by atoms with E-state index in [1.54, 1.807) is 12.1 Å². The smallest absolute Gasteiger partial charge is 0.246 e. The highest BCUT2D eigenvalue weighted by Crippen LogP contribution is 2.33. The quantitative estimate of drug-likeness (QED) is 0.635. The summed E-state index contributed by atoms with van der Waals surface area (Å²) in [4.78, 5) is 0. The minimum absolute atomic E-state index is 0.171. The second kappa shape index (κ2) is 5.80. The van der Waals surface area contributed by atoms with Crippen LogP contribution in [-0.4, -0.2) is 0 Å². The van der Waals surface area contributed by atoms with Crippen LogP contribution in [0.1, 0.15) is 11.3 Å². The Morgan fingerprint density at radius 1 is 1.24 bits per heavy atom. The van der Waals surface area contributed by atoms with Gasteiger partial charge in [0, 0.05) is 15.1 Å². The Bertz CT molecular complexity index is 851. The molecule has 0 aliphatic rings. The lowest BCUT2D eigenvalue weighted by Crippen LogP contribution is -1.97. The highest BCUT2D eigenvalue weighted by Gasteiger charge is 2.15. The monoisotopic (exact) mass is 361 g/mol. The number of fused-ring (bicyclic) bond motifs is 1. The third-order valence-corrected chi connectivity index (χ3v) is 3.88. The first-order chi connectivity index (χ1) is 10.2. The molecule has 3 nitrogen and oxygen atoms in total. The summed E-state index contributed by atoms with van der Waals surface area (Å²) in [6, 6.07) is 15.0. The van der Waals surface area contributed by atoms with Gasteiger partial charge in [0.1, 0.15) is 18.3 Å². The fourth-order valence-electron chi connectivity index (χ4n) is 2.03. The van der Waals surface area contributed by atoms with E-state index in [0.717, 1.165) is 15.4 Å². The molecular weight excluding hydrogens is 354 g/mol. The maximum absolute atomic E-state index is 9.15. The van der Waals surface area contributed by atoms with Crippen LogP contribution in [0, 0.1) is 11.3 Å². The van der Waals surface area contributed by atoms with Gasteiger partial charge in [0.05, 0.1) is 5.39 Å². The molecule has 0 saturated carbocycles. The maximum Gasteiger partial charge on any atom is 0.246 e. The van der Waals surface area contributed by atoms with E-state index >= 15 is 0 Å². The molecule has 5 heteroatoms. The normalized spacial score (nSPS) is 10.5. The molecule has 0 spiro atoms. The van der Waals surface area contributed by atoms with Crippen LogP contribution in [0.5, 0.6) is 5.75 Å². The summed E-state index contributed by atoms with van der Waals surface area (Å²) in [7, 11) is 0. The van der Waals surface area contributed by atoms with Crippen molar-refractivity contribution in [2.75, 3.05) is 0 Å². The molecule has 2 aromatic carbocycles. The van der Waals surface area contributed by atoms with E-state index in [-0.39, 0.29) is 12.4 Å². The third kappa shape index (κ3) is 2.76. The van der Waals surface area contributed by atoms with Gasteiger partial charge in [-0.2, -0.15) is 5.26 Å². The minimum atomic E-state index is 0.171. The summed E-state index contributed by atoms with van der Waals surface area (Å²) in [5.74, 6) is 0.622. The lowest BCUT2D eigenvalue weighted by Gasteiger charge is -2.07. The van der Waals surface area contributed by atoms with Crippen molar-refractivity contribution < 1.29 is 9.15 Å². The number of hydrogen-bond donors (Lipinski definition) is 0. The van der Waals surface area contributed by atoms with E-state index < -0.39 is 0 Å². The molecule has 21 heavy (non-hydrogen) atoms. The maximum atomic E-state index is 9.15. The van der Waals surface area contributed by atoms with Crippen molar-refractivity contribution in [3.05, 3.63) is 63.3 Å². The van der Waals surface area contributed by atoms with E-state index in [0.29, 0.717) is 16.4 Å². The van der Waals surface area contributed by atoms with Crippen LogP contribution in [0.3, 0.4) is 0 Å². The summed E-state index contributed by atoms with van der Waals surface area (Å²) in [5.41, 5.74) is 1.47. The van der Waals surface area contributed by atoms with Crippen molar-refractivity contribution >= 4 is 38.5 Å². The Hall–Kier alpha value is -1.96. The van der Waals surface area contributed by atoms with E-state index in [2.05, 4.69) is 15.9 Å². The summed E-state index contributed by atoms with van der Waals surface area (Å²) in [5, 5.41) is 10.5. The Morgan fingerprint density at radius 3 is 2.81 bits per heavy atom. The van der Waals surface area contributed by atoms with Crippen molar-refractivity contribution in [1.29, 1.82) is 5.26 Å². The number of nitriles is 1. The molecule has 0 atom stereocenters. The number of benzene rings is 2. The second-order valence-electron chi connectivity index (χ2n) is 4.39. The van der Waals surface area contributed by atoms with E-state index in [4.69, 9.17) is 26.0 Å². The van der Waals surface area contributed by atoms with Gasteiger partial charge in [-0.1, -0.05) is 45.7 Å². The fraction of sp³-hybridized carbons (Fsp3) is 0.0625. The van der Waals surface area contributed by atoms with Gasteiger partial charge in [-0.3, -0.25) is 0 Å². The Labute approximate surface area is 134 Å². The summed E-state index contributed by atoms with van der Waals surface area (Å²) in [6.45, 7) is 0.268. The highest BCUT2D eigenvalue weighted by atomic mass is 79.9. The van der Waals surface area contributed by atoms with Crippen LogP contribution >= 0.6 is 27.5 Å². The summed E-state index contributed by atoms with van der Waals surface area (Å²) >= 11 is 9.52. The Kier molecular flexibility index (Phi) is 3.87. The molecule has 0 aliphatic heterocycles. The van der Waals surface area contributed by atoms with Gasteiger partial charge in [0.15, 0.2) is 5.75 Å². The van der Waals surface area contributed by atoms with E-state index in [9.17, 15) is 0 Å². The number of ether oxygens (including phenoxy) is 1. The zero-order valence-electron chi connectivity index (χ0n) is 10.8. The van der Waals surface area contributed by atoms with Crippen molar-refractivity contribution in [3.63, 3.8) is 0 Å². The molecule has 104 valence electrons. The van der Waals surface area contributed by atoms with Crippen LogP contribution in [0.2, 0.25) is 5.02 Å². The SMILES string of the molecule is N#Cc1oc2ccccc2c1OCc1ccc(Br)cc1Cl. The molecular formula is C16H9BrClNO2. The first kappa shape index (κ1) is 14.0. The average Bonchev–Trinajstić information content (AvgIpc) is 2.84. The van der Waals surface area contributed by atoms with Gasteiger partial charge in [0.25, 0.3) is 0 Å². The number of para-hydroxylation sites is 1. The van der Waals surface area contributed by atoms with Crippen molar-refractivity contribution in [2.24, 2.45) is 0 Å². The van der Waals surface area contributed by atoms with Gasteiger partial charge in [0.2, 0.25) is 5.76 Å². The molecule has 1 aromatic heterocycles. The molecule has 0 saturated heterocycles. The topological polar surface area (TPSA) is 46.2 Å². The molecule has 0 N–H and O–H groups in total. The number of halogens is 2. The Morgan fingerprint density at radius 2 is 2.05 bits per heavy atom. The molecule has 0 bridgehead atoms. The zero-order valence-corrected chi connectivity index (χ0v) is 13.1. The predicted molar refractivity (Wildman–Crippen MR) is 84.4 cm³/mol. The predicted octanol–water partition coefficient (Wildman–Crippen LogP) is 5.30. The van der Waals surface area contributed by atoms with E-state index in [1.165, 1.54) is 0 Å². The molecule has 0 fully saturated rings. The van der Waals surface area contributed by atoms with Crippen LogP contribution < -0.4 is 4.74 Å². The van der Waals surface area contributed by atoms with Crippen LogP contribution in [0.25, 0.3) is 11.0 Å². The lowest BCUT2D eigenvalue weighted by atomic mass is 10.2. The van der Waals surface area contributed by atoms with Crippen molar-refractivity contribution in [2.45, 2.75) is 6.61 Å². The zero-order chi connectivity index (χ0) is 14.8. The first-order valence-electron chi connectivity index (χ1n) is 6.17. The molecule has 3 rings (SSSR count). The fourth-order valence-corrected chi connectivity index (χ4v) is 2.76. The van der Waals surface area contributed by atoms with Gasteiger partial charge < -0.3 is 9.15 Å². The number of hydrogen-bond acceptors (Lipinski definition) is 3. The molecule has 0 unspecified atom stereocenters. The molecule has 1 heterocycles. The molecule has 3 aromatic rings. The summed E-state index contributed by atoms with van der Waals surface area (Å²) < 4.78 is 12.1. The van der Waals surface area contributed by atoms with Gasteiger partial charge in [-0.05, 0) is 24.3 Å². The number of furan rings is 1. The standard InChI is InChI=1S/C16H9BrClNO2/c17-11-6-5-10(13(18)7-11)9-20-16-12-3-1-2-4-14(12)21-15(16)8-19/h1-7H,9H2. The molecule has 0 amide bonds. The Balaban J connectivity index is 1.93. The number of nitrogens with zero attached hydrogens (tertiary/aromatic N) is 1. The molecule has 0 radical (unpaired) electrons. The minimum Gasteiger partial charge on any atom is -0.483 e. The second-order valence-corrected chi connectivity index (χ2v) is 5.72. The first-order valence-corrected chi connectivity index (χ1v) is 7.34. The van der Waals surface area contributed by atoms with Crippen molar-refractivity contribution in [3.8, 4) is 11.8 Å². The van der Waals surface area contributed by atoms with E-state index in [1.807, 2.05) is 36.4 Å². The summed E-state index contributed by atoms with van der Waals surface area (Å²) in [6.07, 6.45) is 0. The number of rotatable bonds is 3. The van der Waals surface area contributed by atoms with Gasteiger partial charge >= 0.3 is 0 Å². The molecule has 0 aliphatic carbocycles. The van der Waals surface area contributed by atoms with Crippen LogP contribution in [0.4, 0.5) is 0 Å². The lowest BCUT2D eigenvalue weighted by molar-refractivity contribution is 0.304. The highest BCUT2D eigenvalue weighted by molar-refractivity contribution is 9.10. The van der Waals surface area contributed by atoms with Crippen LogP contribution in [0.15, 0.2) is 51.4 Å². The third-order valence-electron chi connectivity index (χ3n) is 3.04. The largest absolute Gasteiger partial charge is 0.483 e. The van der Waals surface area contributed by atoms with Crippen molar-refractivity contribution in [1.82, 2.24) is 0 Å². The van der Waals surface area contributed by atoms with Gasteiger partial charge in [-0.15, -0.1) is 0 Å². The van der Waals surface area contributed by atoms with Gasteiger partial charge in [-0.25, -0.2) is 0 Å². The van der Waals surface area contributed by atoms with Crippen LogP contribution in [-0.2, 0) is 6.61 Å². The average molecular weight is 363 g/mol.